The third-order valence-corrected chi connectivity index (χ3v) is 5.40. The molecule has 1 aliphatic rings. The fraction of sp³-hybridized carbons (Fsp3) is 0.368. The van der Waals surface area contributed by atoms with Crippen LogP contribution in [0.3, 0.4) is 0 Å². The van der Waals surface area contributed by atoms with Crippen LogP contribution in [0.5, 0.6) is 0 Å². The summed E-state index contributed by atoms with van der Waals surface area (Å²) in [6.45, 7) is 4.79. The Morgan fingerprint density at radius 3 is 2.70 bits per heavy atom. The molecule has 0 aliphatic carbocycles. The molecule has 11 heteroatoms. The summed E-state index contributed by atoms with van der Waals surface area (Å²) in [5.74, 6) is 1.56. The highest BCUT2D eigenvalue weighted by Gasteiger charge is 2.21. The normalized spacial score (nSPS) is 15.2. The van der Waals surface area contributed by atoms with E-state index >= 15 is 0 Å². The highest BCUT2D eigenvalue weighted by Crippen LogP contribution is 2.23. The molecule has 0 amide bonds. The van der Waals surface area contributed by atoms with Crippen LogP contribution in [0.4, 0.5) is 5.82 Å². The van der Waals surface area contributed by atoms with Crippen LogP contribution in [0, 0.1) is 0 Å². The van der Waals surface area contributed by atoms with Crippen molar-refractivity contribution in [2.24, 2.45) is 7.05 Å². The zero-order valence-corrected chi connectivity index (χ0v) is 16.7. The third-order valence-electron chi connectivity index (χ3n) is 5.40. The van der Waals surface area contributed by atoms with Crippen LogP contribution in [-0.2, 0) is 13.6 Å². The van der Waals surface area contributed by atoms with Crippen molar-refractivity contribution in [3.8, 4) is 5.82 Å². The first kappa shape index (κ1) is 18.4. The summed E-state index contributed by atoms with van der Waals surface area (Å²) in [6.07, 6.45) is 6.91. The van der Waals surface area contributed by atoms with Gasteiger partial charge in [0.1, 0.15) is 12.1 Å². The van der Waals surface area contributed by atoms with Crippen molar-refractivity contribution >= 4 is 16.9 Å². The van der Waals surface area contributed by atoms with Crippen LogP contribution in [0.1, 0.15) is 0 Å². The zero-order chi connectivity index (χ0) is 20.5. The molecule has 0 spiro atoms. The van der Waals surface area contributed by atoms with E-state index in [2.05, 4.69) is 35.1 Å². The van der Waals surface area contributed by atoms with Gasteiger partial charge >= 0.3 is 0 Å². The predicted octanol–water partition coefficient (Wildman–Crippen LogP) is -0.0721. The molecule has 1 aliphatic heterocycles. The van der Waals surface area contributed by atoms with Gasteiger partial charge in [0.05, 0.1) is 18.1 Å². The summed E-state index contributed by atoms with van der Waals surface area (Å²) in [5, 5.41) is 13.9. The van der Waals surface area contributed by atoms with Crippen LogP contribution in [0.2, 0.25) is 0 Å². The Kier molecular flexibility index (Phi) is 4.71. The van der Waals surface area contributed by atoms with E-state index in [9.17, 15) is 4.79 Å². The van der Waals surface area contributed by atoms with Gasteiger partial charge < -0.3 is 4.90 Å². The SMILES string of the molecule is Cn1ncc2c(N3CCN(CCn4nc(-n5cccn5)ccc4=O)CC3)ncnc21. The predicted molar refractivity (Wildman–Crippen MR) is 111 cm³/mol. The Morgan fingerprint density at radius 2 is 1.90 bits per heavy atom. The first-order valence-electron chi connectivity index (χ1n) is 9.87. The second-order valence-electron chi connectivity index (χ2n) is 7.23. The molecule has 0 unspecified atom stereocenters. The van der Waals surface area contributed by atoms with Crippen LogP contribution in [0.15, 0.2) is 47.9 Å². The Morgan fingerprint density at radius 1 is 1.03 bits per heavy atom. The molecule has 4 aromatic rings. The highest BCUT2D eigenvalue weighted by atomic mass is 16.1. The van der Waals surface area contributed by atoms with Gasteiger partial charge in [0.2, 0.25) is 0 Å². The number of aryl methyl sites for hydroxylation is 1. The van der Waals surface area contributed by atoms with E-state index < -0.39 is 0 Å². The minimum absolute atomic E-state index is 0.107. The molecule has 11 nitrogen and oxygen atoms in total. The van der Waals surface area contributed by atoms with E-state index in [1.54, 1.807) is 28.0 Å². The van der Waals surface area contributed by atoms with E-state index in [0.29, 0.717) is 12.4 Å². The Hall–Kier alpha value is -3.60. The van der Waals surface area contributed by atoms with Crippen LogP contribution >= 0.6 is 0 Å². The number of aromatic nitrogens is 8. The van der Waals surface area contributed by atoms with Crippen molar-refractivity contribution < 1.29 is 0 Å². The van der Waals surface area contributed by atoms with Gasteiger partial charge in [0.25, 0.3) is 5.56 Å². The van der Waals surface area contributed by atoms with Crippen molar-refractivity contribution in [2.45, 2.75) is 6.54 Å². The first-order valence-corrected chi connectivity index (χ1v) is 9.87. The monoisotopic (exact) mass is 406 g/mol. The summed E-state index contributed by atoms with van der Waals surface area (Å²) in [6, 6.07) is 5.05. The molecule has 4 aromatic heterocycles. The smallest absolute Gasteiger partial charge is 0.266 e. The summed E-state index contributed by atoms with van der Waals surface area (Å²) < 4.78 is 4.92. The minimum Gasteiger partial charge on any atom is -0.353 e. The maximum absolute atomic E-state index is 12.2. The minimum atomic E-state index is -0.107. The zero-order valence-electron chi connectivity index (χ0n) is 16.7. The summed E-state index contributed by atoms with van der Waals surface area (Å²) in [5.41, 5.74) is 0.731. The fourth-order valence-electron chi connectivity index (χ4n) is 3.75. The van der Waals surface area contributed by atoms with Gasteiger partial charge in [-0.2, -0.15) is 10.2 Å². The molecule has 0 N–H and O–H groups in total. The molecular weight excluding hydrogens is 384 g/mol. The number of fused-ring (bicyclic) bond motifs is 1. The van der Waals surface area contributed by atoms with E-state index in [4.69, 9.17) is 0 Å². The van der Waals surface area contributed by atoms with Crippen LogP contribution < -0.4 is 10.5 Å². The molecule has 30 heavy (non-hydrogen) atoms. The molecule has 0 bridgehead atoms. The van der Waals surface area contributed by atoms with Gasteiger partial charge in [-0.3, -0.25) is 14.4 Å². The quantitative estimate of drug-likeness (QED) is 0.454. The van der Waals surface area contributed by atoms with Gasteiger partial charge in [-0.05, 0) is 12.1 Å². The first-order chi connectivity index (χ1) is 14.7. The average molecular weight is 406 g/mol. The van der Waals surface area contributed by atoms with Gasteiger partial charge in [-0.25, -0.2) is 19.3 Å². The number of anilines is 1. The molecule has 0 atom stereocenters. The maximum atomic E-state index is 12.2. The van der Waals surface area contributed by atoms with Gasteiger partial charge in [-0.1, -0.05) is 0 Å². The highest BCUT2D eigenvalue weighted by molar-refractivity contribution is 5.86. The maximum Gasteiger partial charge on any atom is 0.266 e. The number of hydrogen-bond donors (Lipinski definition) is 0. The van der Waals surface area contributed by atoms with Gasteiger partial charge in [-0.15, -0.1) is 5.10 Å². The molecule has 5 rings (SSSR count). The molecule has 5 heterocycles. The number of hydrogen-bond acceptors (Lipinski definition) is 8. The lowest BCUT2D eigenvalue weighted by molar-refractivity contribution is 0.242. The molecule has 0 radical (unpaired) electrons. The summed E-state index contributed by atoms with van der Waals surface area (Å²) in [7, 11) is 1.88. The lowest BCUT2D eigenvalue weighted by Crippen LogP contribution is -2.48. The standard InChI is InChI=1S/C19H22N10O/c1-25-18-15(13-23-25)19(21-14-20-18)27-10-7-26(8-11-27)9-12-29-17(30)4-3-16(24-29)28-6-2-5-22-28/h2-6,13-14H,7-12H2,1H3. The Labute approximate surface area is 172 Å². The van der Waals surface area contributed by atoms with E-state index in [1.165, 1.54) is 10.7 Å². The molecule has 1 saturated heterocycles. The van der Waals surface area contributed by atoms with E-state index in [0.717, 1.165) is 49.6 Å². The van der Waals surface area contributed by atoms with Crippen molar-refractivity contribution in [3.63, 3.8) is 0 Å². The van der Waals surface area contributed by atoms with E-state index in [1.807, 2.05) is 25.5 Å². The topological polar surface area (TPSA) is 103 Å². The number of rotatable bonds is 5. The Bertz CT molecular complexity index is 1200. The number of piperazine rings is 1. The van der Waals surface area contributed by atoms with Gasteiger partial charge in [0.15, 0.2) is 11.5 Å². The second kappa shape index (κ2) is 7.67. The van der Waals surface area contributed by atoms with Crippen molar-refractivity contribution in [3.05, 3.63) is 53.5 Å². The molecule has 1 fully saturated rings. The van der Waals surface area contributed by atoms with Gasteiger partial charge in [0, 0.05) is 58.2 Å². The molecular formula is C19H22N10O. The molecule has 0 saturated carbocycles. The molecule has 0 aromatic carbocycles. The summed E-state index contributed by atoms with van der Waals surface area (Å²) >= 11 is 0. The van der Waals surface area contributed by atoms with E-state index in [-0.39, 0.29) is 5.56 Å². The third kappa shape index (κ3) is 3.43. The largest absolute Gasteiger partial charge is 0.353 e. The average Bonchev–Trinajstić information content (AvgIpc) is 3.44. The lowest BCUT2D eigenvalue weighted by atomic mass is 10.2. The second-order valence-corrected chi connectivity index (χ2v) is 7.23. The van der Waals surface area contributed by atoms with Crippen molar-refractivity contribution in [1.82, 2.24) is 44.2 Å². The lowest BCUT2D eigenvalue weighted by Gasteiger charge is -2.35. The van der Waals surface area contributed by atoms with Crippen LogP contribution in [-0.4, -0.2) is 76.9 Å². The Balaban J connectivity index is 1.23. The molecule has 154 valence electrons. The fourth-order valence-corrected chi connectivity index (χ4v) is 3.75. The number of nitrogens with zero attached hydrogens (tertiary/aromatic N) is 10. The summed E-state index contributed by atoms with van der Waals surface area (Å²) in [4.78, 5) is 25.6. The van der Waals surface area contributed by atoms with Crippen LogP contribution in [0.25, 0.3) is 16.9 Å². The van der Waals surface area contributed by atoms with Crippen molar-refractivity contribution in [1.29, 1.82) is 0 Å². The van der Waals surface area contributed by atoms with Crippen molar-refractivity contribution in [2.75, 3.05) is 37.6 Å².